The molecule has 1 aromatic rings. The molecular formula is C16H21NO2. The van der Waals surface area contributed by atoms with Crippen LogP contribution in [-0.2, 0) is 22.7 Å². The predicted octanol–water partition coefficient (Wildman–Crippen LogP) is 2.50. The Balaban J connectivity index is 1.51. The molecule has 0 aliphatic heterocycles. The molecule has 2 fully saturated rings. The first kappa shape index (κ1) is 12.7. The fourth-order valence-electron chi connectivity index (χ4n) is 3.26. The van der Waals surface area contributed by atoms with E-state index in [1.807, 2.05) is 18.2 Å². The molecule has 3 heteroatoms. The molecule has 1 aromatic carbocycles. The van der Waals surface area contributed by atoms with Crippen LogP contribution in [0.5, 0.6) is 0 Å². The fraction of sp³-hybridized carbons (Fsp3) is 0.562. The highest BCUT2D eigenvalue weighted by atomic mass is 16.5. The Morgan fingerprint density at radius 3 is 2.74 bits per heavy atom. The molecule has 19 heavy (non-hydrogen) atoms. The minimum absolute atomic E-state index is 0.240. The second kappa shape index (κ2) is 5.33. The van der Waals surface area contributed by atoms with Crippen LogP contribution in [0.25, 0.3) is 0 Å². The maximum Gasteiger partial charge on any atom is 0.223 e. The maximum atomic E-state index is 12.1. The molecule has 0 bridgehead atoms. The summed E-state index contributed by atoms with van der Waals surface area (Å²) in [5.74, 6) is 2.23. The van der Waals surface area contributed by atoms with Crippen LogP contribution in [0.2, 0.25) is 0 Å². The molecule has 0 spiro atoms. The van der Waals surface area contributed by atoms with Gasteiger partial charge in [-0.3, -0.25) is 4.79 Å². The molecule has 3 rings (SSSR count). The molecule has 1 N–H and O–H groups in total. The van der Waals surface area contributed by atoms with Gasteiger partial charge in [-0.1, -0.05) is 24.3 Å². The third-order valence-electron chi connectivity index (χ3n) is 4.38. The van der Waals surface area contributed by atoms with E-state index < -0.39 is 0 Å². The summed E-state index contributed by atoms with van der Waals surface area (Å²) in [7, 11) is 1.69. The topological polar surface area (TPSA) is 38.3 Å². The van der Waals surface area contributed by atoms with Gasteiger partial charge in [0.15, 0.2) is 0 Å². The van der Waals surface area contributed by atoms with Crippen molar-refractivity contribution in [2.24, 2.45) is 17.8 Å². The standard InChI is InChI=1S/C16H21NO2/c1-19-10-12-4-2-3-11(5-12)9-17-16(18)15-7-13-6-14(13)8-15/h2-5,13-15H,6-10H2,1H3,(H,17,18). The molecule has 102 valence electrons. The minimum atomic E-state index is 0.240. The zero-order valence-corrected chi connectivity index (χ0v) is 11.4. The highest BCUT2D eigenvalue weighted by molar-refractivity contribution is 5.79. The highest BCUT2D eigenvalue weighted by Gasteiger charge is 2.47. The van der Waals surface area contributed by atoms with Gasteiger partial charge in [0.2, 0.25) is 5.91 Å². The van der Waals surface area contributed by atoms with Crippen molar-refractivity contribution < 1.29 is 9.53 Å². The van der Waals surface area contributed by atoms with Crippen LogP contribution in [0.1, 0.15) is 30.4 Å². The number of ether oxygens (including phenoxy) is 1. The zero-order chi connectivity index (χ0) is 13.2. The third-order valence-corrected chi connectivity index (χ3v) is 4.38. The molecule has 2 saturated carbocycles. The number of benzene rings is 1. The zero-order valence-electron chi connectivity index (χ0n) is 11.4. The van der Waals surface area contributed by atoms with E-state index in [9.17, 15) is 4.79 Å². The largest absolute Gasteiger partial charge is 0.380 e. The number of carbonyl (C=O) groups is 1. The van der Waals surface area contributed by atoms with E-state index >= 15 is 0 Å². The summed E-state index contributed by atoms with van der Waals surface area (Å²) in [4.78, 5) is 12.1. The summed E-state index contributed by atoms with van der Waals surface area (Å²) >= 11 is 0. The lowest BCUT2D eigenvalue weighted by Crippen LogP contribution is -2.29. The Kier molecular flexibility index (Phi) is 3.56. The van der Waals surface area contributed by atoms with Gasteiger partial charge in [-0.25, -0.2) is 0 Å². The summed E-state index contributed by atoms with van der Waals surface area (Å²) in [6.07, 6.45) is 3.59. The number of carbonyl (C=O) groups excluding carboxylic acids is 1. The van der Waals surface area contributed by atoms with Crippen molar-refractivity contribution in [3.63, 3.8) is 0 Å². The summed E-state index contributed by atoms with van der Waals surface area (Å²) in [6, 6.07) is 8.20. The normalized spacial score (nSPS) is 27.9. The monoisotopic (exact) mass is 259 g/mol. The number of fused-ring (bicyclic) bond motifs is 1. The van der Waals surface area contributed by atoms with Crippen LogP contribution >= 0.6 is 0 Å². The van der Waals surface area contributed by atoms with Gasteiger partial charge in [0.25, 0.3) is 0 Å². The van der Waals surface area contributed by atoms with Gasteiger partial charge < -0.3 is 10.1 Å². The van der Waals surface area contributed by atoms with Gasteiger partial charge in [-0.15, -0.1) is 0 Å². The molecular weight excluding hydrogens is 238 g/mol. The number of rotatable bonds is 5. The second-order valence-corrected chi connectivity index (χ2v) is 5.89. The first-order valence-corrected chi connectivity index (χ1v) is 7.10. The highest BCUT2D eigenvalue weighted by Crippen LogP contribution is 2.54. The van der Waals surface area contributed by atoms with E-state index in [4.69, 9.17) is 4.74 Å². The Morgan fingerprint density at radius 1 is 1.26 bits per heavy atom. The Hall–Kier alpha value is -1.35. The average Bonchev–Trinajstić information content (AvgIpc) is 3.03. The summed E-state index contributed by atoms with van der Waals surface area (Å²) in [5, 5.41) is 3.07. The molecule has 0 aromatic heterocycles. The van der Waals surface area contributed by atoms with Gasteiger partial charge in [-0.05, 0) is 42.2 Å². The van der Waals surface area contributed by atoms with E-state index in [2.05, 4.69) is 11.4 Å². The SMILES string of the molecule is COCc1cccc(CNC(=O)C2CC3CC3C2)c1. The van der Waals surface area contributed by atoms with Crippen LogP contribution in [0, 0.1) is 17.8 Å². The van der Waals surface area contributed by atoms with Crippen molar-refractivity contribution in [1.29, 1.82) is 0 Å². The quantitative estimate of drug-likeness (QED) is 0.882. The van der Waals surface area contributed by atoms with Crippen LogP contribution < -0.4 is 5.32 Å². The minimum Gasteiger partial charge on any atom is -0.380 e. The molecule has 0 saturated heterocycles. The number of hydrogen-bond acceptors (Lipinski definition) is 2. The van der Waals surface area contributed by atoms with Gasteiger partial charge in [-0.2, -0.15) is 0 Å². The molecule has 2 unspecified atom stereocenters. The lowest BCUT2D eigenvalue weighted by atomic mass is 10.0. The van der Waals surface area contributed by atoms with Gasteiger partial charge in [0.05, 0.1) is 6.61 Å². The fourth-order valence-corrected chi connectivity index (χ4v) is 3.26. The first-order chi connectivity index (χ1) is 9.26. The molecule has 0 heterocycles. The maximum absolute atomic E-state index is 12.1. The summed E-state index contributed by atoms with van der Waals surface area (Å²) in [6.45, 7) is 1.25. The average molecular weight is 259 g/mol. The van der Waals surface area contributed by atoms with Crippen molar-refractivity contribution in [3.05, 3.63) is 35.4 Å². The van der Waals surface area contributed by atoms with Gasteiger partial charge >= 0.3 is 0 Å². The first-order valence-electron chi connectivity index (χ1n) is 7.10. The van der Waals surface area contributed by atoms with Crippen LogP contribution in [-0.4, -0.2) is 13.0 Å². The second-order valence-electron chi connectivity index (χ2n) is 5.89. The third kappa shape index (κ3) is 2.98. The number of nitrogens with one attached hydrogen (secondary N) is 1. The number of amides is 1. The molecule has 2 aliphatic carbocycles. The predicted molar refractivity (Wildman–Crippen MR) is 73.3 cm³/mol. The Morgan fingerprint density at radius 2 is 2.00 bits per heavy atom. The van der Waals surface area contributed by atoms with Crippen molar-refractivity contribution in [3.8, 4) is 0 Å². The van der Waals surface area contributed by atoms with E-state index in [1.165, 1.54) is 6.42 Å². The number of hydrogen-bond donors (Lipinski definition) is 1. The van der Waals surface area contributed by atoms with Crippen molar-refractivity contribution in [1.82, 2.24) is 5.32 Å². The van der Waals surface area contributed by atoms with E-state index in [0.29, 0.717) is 13.2 Å². The van der Waals surface area contributed by atoms with E-state index in [-0.39, 0.29) is 11.8 Å². The molecule has 1 amide bonds. The smallest absolute Gasteiger partial charge is 0.223 e. The van der Waals surface area contributed by atoms with Crippen LogP contribution in [0.15, 0.2) is 24.3 Å². The summed E-state index contributed by atoms with van der Waals surface area (Å²) < 4.78 is 5.12. The summed E-state index contributed by atoms with van der Waals surface area (Å²) in [5.41, 5.74) is 2.29. The van der Waals surface area contributed by atoms with E-state index in [1.54, 1.807) is 7.11 Å². The number of methoxy groups -OCH3 is 1. The van der Waals surface area contributed by atoms with Crippen molar-refractivity contribution in [2.45, 2.75) is 32.4 Å². The molecule has 3 nitrogen and oxygen atoms in total. The Labute approximate surface area is 114 Å². The van der Waals surface area contributed by atoms with Crippen molar-refractivity contribution in [2.75, 3.05) is 7.11 Å². The van der Waals surface area contributed by atoms with Crippen LogP contribution in [0.3, 0.4) is 0 Å². The molecule has 2 atom stereocenters. The van der Waals surface area contributed by atoms with E-state index in [0.717, 1.165) is 35.8 Å². The lowest BCUT2D eigenvalue weighted by molar-refractivity contribution is -0.125. The van der Waals surface area contributed by atoms with Crippen LogP contribution in [0.4, 0.5) is 0 Å². The molecule has 0 radical (unpaired) electrons. The van der Waals surface area contributed by atoms with Crippen molar-refractivity contribution >= 4 is 5.91 Å². The Bertz CT molecular complexity index is 462. The van der Waals surface area contributed by atoms with Gasteiger partial charge in [0, 0.05) is 19.6 Å². The lowest BCUT2D eigenvalue weighted by Gasteiger charge is -2.12. The molecule has 2 aliphatic rings. The van der Waals surface area contributed by atoms with Gasteiger partial charge in [0.1, 0.15) is 0 Å².